The number of hydrogen-bond donors (Lipinski definition) is 4. The molecule has 4 N–H and O–H groups in total. The summed E-state index contributed by atoms with van der Waals surface area (Å²) in [5.74, 6) is -0.905. The average Bonchev–Trinajstić information content (AvgIpc) is 3.91. The lowest BCUT2D eigenvalue weighted by molar-refractivity contribution is -0.153. The van der Waals surface area contributed by atoms with E-state index in [0.29, 0.717) is 25.8 Å². The van der Waals surface area contributed by atoms with Crippen LogP contribution in [0, 0.1) is 23.2 Å². The minimum absolute atomic E-state index is 0.0276. The molecule has 0 spiro atoms. The van der Waals surface area contributed by atoms with E-state index in [-0.39, 0.29) is 18.5 Å². The molecule has 1 aliphatic heterocycles. The third-order valence-electron chi connectivity index (χ3n) is 7.08. The summed E-state index contributed by atoms with van der Waals surface area (Å²) < 4.78 is 5.19. The molecule has 0 radical (unpaired) electrons. The van der Waals surface area contributed by atoms with Crippen LogP contribution in [0.25, 0.3) is 0 Å². The van der Waals surface area contributed by atoms with E-state index in [2.05, 4.69) is 62.8 Å². The van der Waals surface area contributed by atoms with Gasteiger partial charge in [0.05, 0.1) is 6.04 Å². The molecule has 3 aliphatic rings. The number of Topliss-reactive ketones (excluding diaryl/α,β-unsaturated/α-hetero) is 1. The summed E-state index contributed by atoms with van der Waals surface area (Å²) in [7, 11) is 0. The number of ketones is 1. The summed E-state index contributed by atoms with van der Waals surface area (Å²) in [5, 5.41) is 10.5. The van der Waals surface area contributed by atoms with Gasteiger partial charge < -0.3 is 30.9 Å². The van der Waals surface area contributed by atoms with Crippen molar-refractivity contribution in [2.45, 2.75) is 172 Å². The molecule has 3 rings (SSSR count). The summed E-state index contributed by atoms with van der Waals surface area (Å²) in [6, 6.07) is -3.44. The Hall–Kier alpha value is -3.18. The lowest BCUT2D eigenvalue weighted by atomic mass is 9.85. The molecule has 5 amide bonds. The van der Waals surface area contributed by atoms with Crippen molar-refractivity contribution in [3.8, 4) is 0 Å². The van der Waals surface area contributed by atoms with E-state index in [0.717, 1.165) is 37.5 Å². The van der Waals surface area contributed by atoms with Crippen LogP contribution >= 0.6 is 0 Å². The SMILES string of the molecule is CC.CC(C)(C)OC(=O)CNC(=O)NC(C(=O)N1CCC[C@H]1C(=O)NC(CC1CC1)C(=O)C(=O)NC1CC1)C(C)(C)C.CC(C)C.CC(C)C. The number of carbonyl (C=O) groups is 6. The van der Waals surface area contributed by atoms with Crippen molar-refractivity contribution in [1.82, 2.24) is 26.2 Å². The van der Waals surface area contributed by atoms with Crippen LogP contribution in [0.3, 0.4) is 0 Å². The minimum atomic E-state index is -0.993. The molecule has 2 unspecified atom stereocenters. The smallest absolute Gasteiger partial charge is 0.325 e. The van der Waals surface area contributed by atoms with Crippen molar-refractivity contribution in [1.29, 1.82) is 0 Å². The van der Waals surface area contributed by atoms with Crippen LogP contribution in [0.1, 0.15) is 142 Å². The van der Waals surface area contributed by atoms with Crippen LogP contribution in [0.15, 0.2) is 0 Å². The Kier molecular flexibility index (Phi) is 20.5. The number of esters is 1. The quantitative estimate of drug-likeness (QED) is 0.162. The highest BCUT2D eigenvalue weighted by atomic mass is 16.6. The fourth-order valence-electron chi connectivity index (χ4n) is 4.66. The normalized spacial score (nSPS) is 18.1. The molecule has 3 fully saturated rings. The summed E-state index contributed by atoms with van der Waals surface area (Å²) in [4.78, 5) is 78.4. The Labute approximate surface area is 302 Å². The molecule has 3 atom stereocenters. The third-order valence-corrected chi connectivity index (χ3v) is 7.08. The maximum Gasteiger partial charge on any atom is 0.325 e. The van der Waals surface area contributed by atoms with E-state index >= 15 is 0 Å². The number of amides is 5. The predicted octanol–water partition coefficient (Wildman–Crippen LogP) is 5.52. The number of ether oxygens (including phenoxy) is 1. The van der Waals surface area contributed by atoms with Gasteiger partial charge in [-0.25, -0.2) is 4.79 Å². The first-order chi connectivity index (χ1) is 23.0. The first kappa shape index (κ1) is 46.8. The third kappa shape index (κ3) is 20.5. The average molecular weight is 710 g/mol. The van der Waals surface area contributed by atoms with Gasteiger partial charge in [0.2, 0.25) is 17.6 Å². The van der Waals surface area contributed by atoms with Crippen molar-refractivity contribution >= 4 is 35.5 Å². The lowest BCUT2D eigenvalue weighted by Crippen LogP contribution is -2.60. The van der Waals surface area contributed by atoms with Gasteiger partial charge in [-0.05, 0) is 76.0 Å². The molecule has 0 bridgehead atoms. The molecule has 1 saturated heterocycles. The van der Waals surface area contributed by atoms with Gasteiger partial charge in [0.1, 0.15) is 24.2 Å². The topological polar surface area (TPSA) is 163 Å². The van der Waals surface area contributed by atoms with Gasteiger partial charge in [-0.3, -0.25) is 24.0 Å². The Morgan fingerprint density at radius 2 is 1.30 bits per heavy atom. The van der Waals surface area contributed by atoms with Gasteiger partial charge in [0.15, 0.2) is 0 Å². The van der Waals surface area contributed by atoms with E-state index < -0.39 is 64.6 Å². The van der Waals surface area contributed by atoms with E-state index in [1.165, 1.54) is 4.90 Å². The van der Waals surface area contributed by atoms with Crippen molar-refractivity contribution in [3.05, 3.63) is 0 Å². The molecule has 290 valence electrons. The van der Waals surface area contributed by atoms with E-state index in [1.807, 2.05) is 13.8 Å². The van der Waals surface area contributed by atoms with Crippen LogP contribution in [0.5, 0.6) is 0 Å². The Bertz CT molecular complexity index is 1090. The zero-order chi connectivity index (χ0) is 39.0. The molecular formula is C38H71N5O7. The van der Waals surface area contributed by atoms with Gasteiger partial charge >= 0.3 is 12.0 Å². The van der Waals surface area contributed by atoms with Gasteiger partial charge in [-0.15, -0.1) is 0 Å². The molecule has 0 aromatic rings. The number of nitrogens with zero attached hydrogens (tertiary/aromatic N) is 1. The summed E-state index contributed by atoms with van der Waals surface area (Å²) in [6.07, 6.45) is 4.97. The van der Waals surface area contributed by atoms with Crippen LogP contribution in [0.2, 0.25) is 0 Å². The summed E-state index contributed by atoms with van der Waals surface area (Å²) >= 11 is 0. The van der Waals surface area contributed by atoms with Gasteiger partial charge in [-0.2, -0.15) is 0 Å². The van der Waals surface area contributed by atoms with Crippen LogP contribution in [-0.2, 0) is 28.7 Å². The van der Waals surface area contributed by atoms with Crippen molar-refractivity contribution < 1.29 is 33.5 Å². The maximum absolute atomic E-state index is 13.7. The molecule has 12 nitrogen and oxygen atoms in total. The Balaban J connectivity index is 0.00000213. The highest BCUT2D eigenvalue weighted by Gasteiger charge is 2.43. The van der Waals surface area contributed by atoms with Crippen molar-refractivity contribution in [2.75, 3.05) is 13.1 Å². The molecular weight excluding hydrogens is 638 g/mol. The zero-order valence-electron chi connectivity index (χ0n) is 33.7. The largest absolute Gasteiger partial charge is 0.459 e. The van der Waals surface area contributed by atoms with E-state index in [4.69, 9.17) is 4.74 Å². The molecule has 12 heteroatoms. The second-order valence-corrected chi connectivity index (χ2v) is 16.7. The fourth-order valence-corrected chi connectivity index (χ4v) is 4.66. The van der Waals surface area contributed by atoms with E-state index in [1.54, 1.807) is 41.5 Å². The van der Waals surface area contributed by atoms with Crippen molar-refractivity contribution in [2.24, 2.45) is 23.2 Å². The van der Waals surface area contributed by atoms with Crippen molar-refractivity contribution in [3.63, 3.8) is 0 Å². The Morgan fingerprint density at radius 3 is 1.74 bits per heavy atom. The first-order valence-electron chi connectivity index (χ1n) is 18.7. The molecule has 1 heterocycles. The van der Waals surface area contributed by atoms with Crippen LogP contribution < -0.4 is 21.3 Å². The number of hydrogen-bond acceptors (Lipinski definition) is 7. The highest BCUT2D eigenvalue weighted by molar-refractivity contribution is 6.38. The van der Waals surface area contributed by atoms with Crippen LogP contribution in [-0.4, -0.2) is 83.3 Å². The molecule has 0 aromatic carbocycles. The first-order valence-corrected chi connectivity index (χ1v) is 18.7. The number of nitrogens with one attached hydrogen (secondary N) is 4. The van der Waals surface area contributed by atoms with Gasteiger partial charge in [0.25, 0.3) is 5.91 Å². The summed E-state index contributed by atoms with van der Waals surface area (Å²) in [6.45, 7) is 27.5. The highest BCUT2D eigenvalue weighted by Crippen LogP contribution is 2.34. The van der Waals surface area contributed by atoms with Gasteiger partial charge in [-0.1, -0.05) is 89.0 Å². The second kappa shape index (κ2) is 21.9. The standard InChI is InChI=1S/C28H45N5O7.2C4H10.C2H6/c1-27(2,3)22(32-26(39)29-15-20(34)40-28(4,5)6)25(38)33-13-7-8-19(33)23(36)31-18(14-16-9-10-16)21(35)24(37)30-17-11-12-17;2*1-4(2)3;1-2/h16-19,22H,7-15H2,1-6H3,(H,30,37)(H,31,36)(H2,29,32,39);2*4H,1-3H3;1-2H3/t18?,19-,22?;;;/m0.../s1. The van der Waals surface area contributed by atoms with E-state index in [9.17, 15) is 28.8 Å². The second-order valence-electron chi connectivity index (χ2n) is 16.7. The molecule has 2 saturated carbocycles. The number of carbonyl (C=O) groups excluding carboxylic acids is 6. The molecule has 50 heavy (non-hydrogen) atoms. The summed E-state index contributed by atoms with van der Waals surface area (Å²) in [5.41, 5.74) is -1.41. The van der Waals surface area contributed by atoms with Gasteiger partial charge in [0, 0.05) is 12.6 Å². The monoisotopic (exact) mass is 710 g/mol. The Morgan fingerprint density at radius 1 is 0.780 bits per heavy atom. The lowest BCUT2D eigenvalue weighted by Gasteiger charge is -2.35. The van der Waals surface area contributed by atoms with Crippen LogP contribution in [0.4, 0.5) is 4.79 Å². The number of urea groups is 1. The molecule has 2 aliphatic carbocycles. The fraction of sp³-hybridized carbons (Fsp3) is 0.842. The number of rotatable bonds is 11. The number of likely N-dealkylation sites (tertiary alicyclic amines) is 1. The predicted molar refractivity (Wildman–Crippen MR) is 198 cm³/mol. The zero-order valence-corrected chi connectivity index (χ0v) is 33.7. The minimum Gasteiger partial charge on any atom is -0.459 e. The maximum atomic E-state index is 13.7. The molecule has 0 aromatic heterocycles.